The van der Waals surface area contributed by atoms with Crippen LogP contribution in [0.15, 0.2) is 30.5 Å². The topological polar surface area (TPSA) is 72.0 Å². The molecule has 0 radical (unpaired) electrons. The minimum atomic E-state index is -0.442. The van der Waals surface area contributed by atoms with E-state index in [1.165, 1.54) is 30.8 Å². The third-order valence-corrected chi connectivity index (χ3v) is 7.66. The van der Waals surface area contributed by atoms with Crippen LogP contribution in [0.4, 0.5) is 0 Å². The first-order valence-corrected chi connectivity index (χ1v) is 13.6. The molecule has 2 aromatic rings. The van der Waals surface area contributed by atoms with E-state index >= 15 is 0 Å². The highest BCUT2D eigenvalue weighted by molar-refractivity contribution is 7.07. The Morgan fingerprint density at radius 1 is 1.11 bits per heavy atom. The van der Waals surface area contributed by atoms with E-state index in [-0.39, 0.29) is 12.0 Å². The van der Waals surface area contributed by atoms with E-state index in [1.54, 1.807) is 23.2 Å². The number of aryl methyl sites for hydroxylation is 1. The summed E-state index contributed by atoms with van der Waals surface area (Å²) in [6, 6.07) is 7.27. The standard InChI is InChI=1S/C28H37N3O4S/c1-19(2)35-27(33)23-17-31(18-28(4,5)24-20(3)29-36-25(23)24)26(32)21-9-11-22(12-10-21)34-16-15-30-13-7-6-8-14-30/h9-12,17,19H,6-8,13-16,18H2,1-5H3. The number of nitrogens with zero attached hydrogens (tertiary/aromatic N) is 3. The average Bonchev–Trinajstić information content (AvgIpc) is 3.18. The number of hydrogen-bond donors (Lipinski definition) is 0. The van der Waals surface area contributed by atoms with Gasteiger partial charge in [-0.25, -0.2) is 4.79 Å². The van der Waals surface area contributed by atoms with E-state index in [0.717, 1.165) is 41.5 Å². The van der Waals surface area contributed by atoms with Gasteiger partial charge in [-0.3, -0.25) is 9.69 Å². The molecule has 1 amide bonds. The molecule has 0 N–H and O–H groups in total. The van der Waals surface area contributed by atoms with Crippen LogP contribution in [0.25, 0.3) is 5.57 Å². The summed E-state index contributed by atoms with van der Waals surface area (Å²) in [5, 5.41) is 0. The average molecular weight is 512 g/mol. The third-order valence-electron chi connectivity index (χ3n) is 6.68. The van der Waals surface area contributed by atoms with Crippen molar-refractivity contribution in [3.05, 3.63) is 52.2 Å². The minimum Gasteiger partial charge on any atom is -0.492 e. The molecule has 0 saturated carbocycles. The molecular formula is C28H37N3O4S. The maximum atomic E-state index is 13.6. The zero-order valence-electron chi connectivity index (χ0n) is 22.0. The fourth-order valence-electron chi connectivity index (χ4n) is 5.00. The molecule has 3 heterocycles. The molecule has 4 rings (SSSR count). The number of piperidine rings is 1. The third kappa shape index (κ3) is 5.98. The molecule has 0 spiro atoms. The summed E-state index contributed by atoms with van der Waals surface area (Å²) in [4.78, 5) is 31.5. The van der Waals surface area contributed by atoms with Crippen molar-refractivity contribution in [2.24, 2.45) is 0 Å². The Kier molecular flexibility index (Phi) is 8.15. The Balaban J connectivity index is 1.51. The second-order valence-electron chi connectivity index (χ2n) is 10.6. The zero-order chi connectivity index (χ0) is 25.9. The van der Waals surface area contributed by atoms with Crippen molar-refractivity contribution in [1.82, 2.24) is 14.2 Å². The van der Waals surface area contributed by atoms with Gasteiger partial charge in [0, 0.05) is 35.8 Å². The number of hydrogen-bond acceptors (Lipinski definition) is 7. The molecule has 0 bridgehead atoms. The maximum Gasteiger partial charge on any atom is 0.341 e. The summed E-state index contributed by atoms with van der Waals surface area (Å²) in [5.41, 5.74) is 2.40. The molecular weight excluding hydrogens is 474 g/mol. The van der Waals surface area contributed by atoms with Crippen molar-refractivity contribution in [3.8, 4) is 5.75 Å². The van der Waals surface area contributed by atoms with Crippen molar-refractivity contribution in [1.29, 1.82) is 0 Å². The van der Waals surface area contributed by atoms with E-state index in [4.69, 9.17) is 9.47 Å². The molecule has 2 aliphatic rings. The number of aromatic nitrogens is 1. The summed E-state index contributed by atoms with van der Waals surface area (Å²) in [6.45, 7) is 14.0. The van der Waals surface area contributed by atoms with E-state index in [0.29, 0.717) is 24.3 Å². The van der Waals surface area contributed by atoms with Gasteiger partial charge in [0.05, 0.1) is 22.2 Å². The van der Waals surface area contributed by atoms with Gasteiger partial charge in [0.15, 0.2) is 0 Å². The SMILES string of the molecule is Cc1nsc2c1C(C)(C)CN(C(=O)c1ccc(OCCN3CCCCC3)cc1)C=C2C(=O)OC(C)C. The number of carbonyl (C=O) groups excluding carboxylic acids is 2. The lowest BCUT2D eigenvalue weighted by atomic mass is 9.82. The van der Waals surface area contributed by atoms with E-state index in [1.807, 2.05) is 32.9 Å². The van der Waals surface area contributed by atoms with Crippen molar-refractivity contribution in [2.45, 2.75) is 65.4 Å². The van der Waals surface area contributed by atoms with Crippen LogP contribution in [-0.2, 0) is 14.9 Å². The highest BCUT2D eigenvalue weighted by Crippen LogP contribution is 2.40. The highest BCUT2D eigenvalue weighted by Gasteiger charge is 2.38. The summed E-state index contributed by atoms with van der Waals surface area (Å²) in [6.07, 6.45) is 5.22. The Morgan fingerprint density at radius 2 is 1.81 bits per heavy atom. The number of fused-ring (bicyclic) bond motifs is 1. The number of esters is 1. The Morgan fingerprint density at radius 3 is 2.47 bits per heavy atom. The summed E-state index contributed by atoms with van der Waals surface area (Å²) < 4.78 is 16.0. The molecule has 0 atom stereocenters. The van der Waals surface area contributed by atoms with Gasteiger partial charge in [-0.15, -0.1) is 0 Å². The predicted molar refractivity (Wildman–Crippen MR) is 142 cm³/mol. The summed E-state index contributed by atoms with van der Waals surface area (Å²) in [5.74, 6) is 0.141. The number of ether oxygens (including phenoxy) is 2. The lowest BCUT2D eigenvalue weighted by Crippen LogP contribution is -2.37. The van der Waals surface area contributed by atoms with Crippen molar-refractivity contribution >= 4 is 29.0 Å². The lowest BCUT2D eigenvalue weighted by Gasteiger charge is -2.29. The Labute approximate surface area is 218 Å². The highest BCUT2D eigenvalue weighted by atomic mass is 32.1. The molecule has 194 valence electrons. The number of benzene rings is 1. The first-order chi connectivity index (χ1) is 17.2. The van der Waals surface area contributed by atoms with Crippen LogP contribution in [0, 0.1) is 6.92 Å². The molecule has 0 unspecified atom stereocenters. The number of rotatable bonds is 7. The molecule has 1 saturated heterocycles. The second-order valence-corrected chi connectivity index (χ2v) is 11.3. The Hall–Kier alpha value is -2.71. The van der Waals surface area contributed by atoms with Crippen LogP contribution < -0.4 is 4.74 Å². The van der Waals surface area contributed by atoms with Crippen molar-refractivity contribution in [3.63, 3.8) is 0 Å². The molecule has 1 fully saturated rings. The molecule has 1 aromatic heterocycles. The molecule has 36 heavy (non-hydrogen) atoms. The number of amides is 1. The molecule has 1 aromatic carbocycles. The second kappa shape index (κ2) is 11.1. The maximum absolute atomic E-state index is 13.6. The minimum absolute atomic E-state index is 0.168. The summed E-state index contributed by atoms with van der Waals surface area (Å²) >= 11 is 1.28. The number of carbonyl (C=O) groups is 2. The first kappa shape index (κ1) is 26.4. The van der Waals surface area contributed by atoms with Gasteiger partial charge in [0.1, 0.15) is 12.4 Å². The van der Waals surface area contributed by atoms with Crippen LogP contribution >= 0.6 is 11.5 Å². The fourth-order valence-corrected chi connectivity index (χ4v) is 6.07. The monoisotopic (exact) mass is 511 g/mol. The van der Waals surface area contributed by atoms with Gasteiger partial charge in [-0.2, -0.15) is 4.37 Å². The quantitative estimate of drug-likeness (QED) is 0.485. The van der Waals surface area contributed by atoms with Crippen LogP contribution in [0.2, 0.25) is 0 Å². The van der Waals surface area contributed by atoms with Crippen molar-refractivity contribution < 1.29 is 19.1 Å². The van der Waals surface area contributed by atoms with E-state index < -0.39 is 11.4 Å². The van der Waals surface area contributed by atoms with Crippen LogP contribution in [0.3, 0.4) is 0 Å². The van der Waals surface area contributed by atoms with Crippen LogP contribution in [0.5, 0.6) is 5.75 Å². The van der Waals surface area contributed by atoms with Crippen LogP contribution in [-0.4, -0.2) is 64.9 Å². The van der Waals surface area contributed by atoms with Gasteiger partial charge >= 0.3 is 5.97 Å². The molecule has 0 aliphatic carbocycles. The van der Waals surface area contributed by atoms with Gasteiger partial charge in [0.2, 0.25) is 0 Å². The van der Waals surface area contributed by atoms with E-state index in [2.05, 4.69) is 23.1 Å². The Bertz CT molecular complexity index is 1110. The predicted octanol–water partition coefficient (Wildman–Crippen LogP) is 5.04. The molecule has 2 aliphatic heterocycles. The number of likely N-dealkylation sites (tertiary alicyclic amines) is 1. The summed E-state index contributed by atoms with van der Waals surface area (Å²) in [7, 11) is 0. The largest absolute Gasteiger partial charge is 0.492 e. The first-order valence-electron chi connectivity index (χ1n) is 12.8. The molecule has 8 heteroatoms. The smallest absolute Gasteiger partial charge is 0.341 e. The molecule has 7 nitrogen and oxygen atoms in total. The zero-order valence-corrected chi connectivity index (χ0v) is 22.8. The van der Waals surface area contributed by atoms with Gasteiger partial charge < -0.3 is 14.4 Å². The van der Waals surface area contributed by atoms with Crippen LogP contribution in [0.1, 0.15) is 73.4 Å². The lowest BCUT2D eigenvalue weighted by molar-refractivity contribution is -0.140. The van der Waals surface area contributed by atoms with E-state index in [9.17, 15) is 9.59 Å². The fraction of sp³-hybridized carbons (Fsp3) is 0.536. The van der Waals surface area contributed by atoms with Crippen molar-refractivity contribution in [2.75, 3.05) is 32.8 Å². The normalized spacial score (nSPS) is 17.8. The van der Waals surface area contributed by atoms with Gasteiger partial charge in [-0.1, -0.05) is 20.3 Å². The van der Waals surface area contributed by atoms with Gasteiger partial charge in [0.25, 0.3) is 5.91 Å². The van der Waals surface area contributed by atoms with Gasteiger partial charge in [-0.05, 0) is 82.5 Å².